The zero-order valence-electron chi connectivity index (χ0n) is 10.2. The van der Waals surface area contributed by atoms with Gasteiger partial charge in [-0.05, 0) is 37.1 Å². The van der Waals surface area contributed by atoms with Crippen molar-refractivity contribution < 1.29 is 9.47 Å². The van der Waals surface area contributed by atoms with Crippen LogP contribution in [0.4, 0.5) is 0 Å². The monoisotopic (exact) mass is 223 g/mol. The summed E-state index contributed by atoms with van der Waals surface area (Å²) >= 11 is 0. The number of hydrogen-bond acceptors (Lipinski definition) is 3. The molecule has 3 nitrogen and oxygen atoms in total. The van der Waals surface area contributed by atoms with Gasteiger partial charge in [-0.3, -0.25) is 0 Å². The minimum Gasteiger partial charge on any atom is -0.497 e. The number of rotatable bonds is 8. The van der Waals surface area contributed by atoms with E-state index in [1.807, 2.05) is 12.1 Å². The second kappa shape index (κ2) is 8.13. The average molecular weight is 223 g/mol. The first-order chi connectivity index (χ1) is 7.86. The number of benzene rings is 1. The van der Waals surface area contributed by atoms with Crippen LogP contribution in [0, 0.1) is 0 Å². The van der Waals surface area contributed by atoms with Gasteiger partial charge in [-0.25, -0.2) is 0 Å². The number of methoxy groups -OCH3 is 2. The second-order valence-corrected chi connectivity index (χ2v) is 3.72. The maximum atomic E-state index is 5.10. The molecule has 0 radical (unpaired) electrons. The lowest BCUT2D eigenvalue weighted by Crippen LogP contribution is -2.15. The molecule has 1 aromatic carbocycles. The van der Waals surface area contributed by atoms with E-state index >= 15 is 0 Å². The predicted octanol–water partition coefficient (Wildman–Crippen LogP) is 2.21. The van der Waals surface area contributed by atoms with Gasteiger partial charge in [0, 0.05) is 20.3 Å². The van der Waals surface area contributed by atoms with Gasteiger partial charge in [0.25, 0.3) is 0 Å². The van der Waals surface area contributed by atoms with Crippen molar-refractivity contribution in [3.05, 3.63) is 29.8 Å². The molecule has 90 valence electrons. The zero-order valence-corrected chi connectivity index (χ0v) is 10.2. The molecular formula is C13H21NO2. The first-order valence-electron chi connectivity index (χ1n) is 5.69. The Bertz CT molecular complexity index is 272. The molecule has 0 amide bonds. The van der Waals surface area contributed by atoms with Gasteiger partial charge in [0.2, 0.25) is 0 Å². The van der Waals surface area contributed by atoms with Crippen molar-refractivity contribution in [2.75, 3.05) is 27.4 Å². The van der Waals surface area contributed by atoms with Gasteiger partial charge in [-0.15, -0.1) is 0 Å². The van der Waals surface area contributed by atoms with E-state index in [1.54, 1.807) is 14.2 Å². The van der Waals surface area contributed by atoms with E-state index < -0.39 is 0 Å². The van der Waals surface area contributed by atoms with Gasteiger partial charge >= 0.3 is 0 Å². The van der Waals surface area contributed by atoms with Gasteiger partial charge in [0.05, 0.1) is 7.11 Å². The Hall–Kier alpha value is -1.06. The lowest BCUT2D eigenvalue weighted by Gasteiger charge is -2.05. The van der Waals surface area contributed by atoms with E-state index in [2.05, 4.69) is 17.4 Å². The van der Waals surface area contributed by atoms with Crippen LogP contribution in [-0.2, 0) is 11.3 Å². The fourth-order valence-electron chi connectivity index (χ4n) is 1.47. The SMILES string of the molecule is COCCCCNCc1ccc(OC)cc1. The van der Waals surface area contributed by atoms with Crippen molar-refractivity contribution in [2.24, 2.45) is 0 Å². The highest BCUT2D eigenvalue weighted by molar-refractivity contribution is 5.26. The van der Waals surface area contributed by atoms with Crippen LogP contribution in [0.5, 0.6) is 5.75 Å². The molecule has 16 heavy (non-hydrogen) atoms. The highest BCUT2D eigenvalue weighted by Crippen LogP contribution is 2.10. The Morgan fingerprint density at radius 3 is 2.44 bits per heavy atom. The maximum Gasteiger partial charge on any atom is 0.118 e. The lowest BCUT2D eigenvalue weighted by atomic mass is 10.2. The molecule has 0 spiro atoms. The third-order valence-corrected chi connectivity index (χ3v) is 2.44. The van der Waals surface area contributed by atoms with Gasteiger partial charge in [0.1, 0.15) is 5.75 Å². The van der Waals surface area contributed by atoms with Crippen molar-refractivity contribution in [3.8, 4) is 5.75 Å². The Balaban J connectivity index is 2.12. The molecule has 0 aliphatic carbocycles. The molecule has 0 unspecified atom stereocenters. The van der Waals surface area contributed by atoms with Crippen molar-refractivity contribution in [1.29, 1.82) is 0 Å². The van der Waals surface area contributed by atoms with Gasteiger partial charge in [0.15, 0.2) is 0 Å². The molecule has 0 aliphatic heterocycles. The largest absolute Gasteiger partial charge is 0.497 e. The Morgan fingerprint density at radius 2 is 1.81 bits per heavy atom. The Labute approximate surface area is 97.8 Å². The van der Waals surface area contributed by atoms with Crippen molar-refractivity contribution in [1.82, 2.24) is 5.32 Å². The average Bonchev–Trinajstić information content (AvgIpc) is 2.34. The minimum absolute atomic E-state index is 0.851. The summed E-state index contributed by atoms with van der Waals surface area (Å²) < 4.78 is 10.1. The van der Waals surface area contributed by atoms with Crippen molar-refractivity contribution in [2.45, 2.75) is 19.4 Å². The van der Waals surface area contributed by atoms with Crippen LogP contribution in [0.2, 0.25) is 0 Å². The number of ether oxygens (including phenoxy) is 2. The van der Waals surface area contributed by atoms with Crippen LogP contribution in [0.15, 0.2) is 24.3 Å². The molecule has 0 saturated heterocycles. The van der Waals surface area contributed by atoms with E-state index in [1.165, 1.54) is 5.56 Å². The lowest BCUT2D eigenvalue weighted by molar-refractivity contribution is 0.192. The number of nitrogens with one attached hydrogen (secondary N) is 1. The van der Waals surface area contributed by atoms with E-state index in [0.29, 0.717) is 0 Å². The van der Waals surface area contributed by atoms with Crippen molar-refractivity contribution >= 4 is 0 Å². The van der Waals surface area contributed by atoms with Gasteiger partial charge in [-0.1, -0.05) is 12.1 Å². The summed E-state index contributed by atoms with van der Waals surface area (Å²) in [5, 5.41) is 3.40. The Morgan fingerprint density at radius 1 is 1.06 bits per heavy atom. The Kier molecular flexibility index (Phi) is 6.61. The summed E-state index contributed by atoms with van der Waals surface area (Å²) in [4.78, 5) is 0. The highest BCUT2D eigenvalue weighted by atomic mass is 16.5. The molecule has 0 aliphatic rings. The minimum atomic E-state index is 0.851. The summed E-state index contributed by atoms with van der Waals surface area (Å²) in [5.41, 5.74) is 1.28. The van der Waals surface area contributed by atoms with Crippen LogP contribution in [0.3, 0.4) is 0 Å². The molecule has 0 atom stereocenters. The molecule has 0 saturated carbocycles. The molecule has 1 aromatic rings. The number of unbranched alkanes of at least 4 members (excludes halogenated alkanes) is 1. The van der Waals surface area contributed by atoms with E-state index in [9.17, 15) is 0 Å². The standard InChI is InChI=1S/C13H21NO2/c1-15-10-4-3-9-14-11-12-5-7-13(16-2)8-6-12/h5-8,14H,3-4,9-11H2,1-2H3. The van der Waals surface area contributed by atoms with Crippen LogP contribution in [0.1, 0.15) is 18.4 Å². The predicted molar refractivity (Wildman–Crippen MR) is 65.8 cm³/mol. The molecule has 0 fully saturated rings. The third kappa shape index (κ3) is 5.14. The van der Waals surface area contributed by atoms with Crippen LogP contribution in [0.25, 0.3) is 0 Å². The second-order valence-electron chi connectivity index (χ2n) is 3.72. The topological polar surface area (TPSA) is 30.5 Å². The quantitative estimate of drug-likeness (QED) is 0.685. The number of hydrogen-bond donors (Lipinski definition) is 1. The first-order valence-corrected chi connectivity index (χ1v) is 5.69. The summed E-state index contributed by atoms with van der Waals surface area (Å²) in [5.74, 6) is 0.906. The maximum absolute atomic E-state index is 5.10. The van der Waals surface area contributed by atoms with E-state index in [-0.39, 0.29) is 0 Å². The summed E-state index contributed by atoms with van der Waals surface area (Å²) in [6.07, 6.45) is 2.27. The molecular weight excluding hydrogens is 202 g/mol. The summed E-state index contributed by atoms with van der Waals surface area (Å²) in [7, 11) is 3.42. The van der Waals surface area contributed by atoms with Crippen molar-refractivity contribution in [3.63, 3.8) is 0 Å². The van der Waals surface area contributed by atoms with Gasteiger partial charge in [-0.2, -0.15) is 0 Å². The molecule has 1 N–H and O–H groups in total. The van der Waals surface area contributed by atoms with Gasteiger partial charge < -0.3 is 14.8 Å². The third-order valence-electron chi connectivity index (χ3n) is 2.44. The van der Waals surface area contributed by atoms with Crippen LogP contribution < -0.4 is 10.1 Å². The van der Waals surface area contributed by atoms with Crippen LogP contribution >= 0.6 is 0 Å². The summed E-state index contributed by atoms with van der Waals surface area (Å²) in [6.45, 7) is 2.80. The van der Waals surface area contributed by atoms with Crippen LogP contribution in [-0.4, -0.2) is 27.4 Å². The van der Waals surface area contributed by atoms with E-state index in [4.69, 9.17) is 9.47 Å². The smallest absolute Gasteiger partial charge is 0.118 e. The molecule has 1 rings (SSSR count). The molecule has 0 aromatic heterocycles. The fraction of sp³-hybridized carbons (Fsp3) is 0.538. The zero-order chi connectivity index (χ0) is 11.6. The highest BCUT2D eigenvalue weighted by Gasteiger charge is 1.94. The molecule has 0 heterocycles. The van der Waals surface area contributed by atoms with E-state index in [0.717, 1.165) is 38.3 Å². The molecule has 3 heteroatoms. The fourth-order valence-corrected chi connectivity index (χ4v) is 1.47. The molecule has 0 bridgehead atoms. The summed E-state index contributed by atoms with van der Waals surface area (Å²) in [6, 6.07) is 8.14. The normalized spacial score (nSPS) is 10.4. The first kappa shape index (κ1) is 13.0.